The summed E-state index contributed by atoms with van der Waals surface area (Å²) in [6, 6.07) is -4.92. The molecule has 0 aromatic rings. The SMILES string of the molecule is CC(C)/C=C/C=C/C[C@@H]1NC(=O)[C@H]2C[C@@H](O)CNN2C(=O)COC(=O)[C@](C)(CO)NC(=O)[C@@H]2CCCNN2C(=O)[C@H]2C[C@H](Cl)CNN2C1=O. The van der Waals surface area contributed by atoms with Crippen LogP contribution < -0.4 is 26.9 Å². The molecular weight excluding hydrogens is 664 g/mol. The molecule has 4 saturated heterocycles. The summed E-state index contributed by atoms with van der Waals surface area (Å²) in [4.78, 5) is 82.3. The molecule has 0 bridgehead atoms. The van der Waals surface area contributed by atoms with Crippen LogP contribution in [0, 0.1) is 5.92 Å². The lowest BCUT2D eigenvalue weighted by molar-refractivity contribution is -0.166. The zero-order valence-electron chi connectivity index (χ0n) is 27.9. The van der Waals surface area contributed by atoms with Gasteiger partial charge in [-0.05, 0) is 38.5 Å². The van der Waals surface area contributed by atoms with E-state index in [-0.39, 0.29) is 44.7 Å². The number of halogens is 1. The van der Waals surface area contributed by atoms with E-state index in [1.54, 1.807) is 18.2 Å². The summed E-state index contributed by atoms with van der Waals surface area (Å²) in [5.74, 6) is -4.59. The number of allylic oxidation sites excluding steroid dienone is 3. The van der Waals surface area contributed by atoms with E-state index < -0.39 is 89.9 Å². The van der Waals surface area contributed by atoms with Crippen LogP contribution in [0.4, 0.5) is 0 Å². The monoisotopic (exact) mass is 710 g/mol. The van der Waals surface area contributed by atoms with E-state index in [1.807, 2.05) is 19.9 Å². The predicted molar refractivity (Wildman–Crippen MR) is 174 cm³/mol. The first-order valence-electron chi connectivity index (χ1n) is 16.5. The first-order valence-corrected chi connectivity index (χ1v) is 16.9. The standard InChI is InChI=1S/C31H47ClN8O9/c1-18(2)8-5-4-6-9-21-28(46)40-24(12-19(32)14-34-40)29(47)39-22(10-7-11-33-39)27(45)37-31(3,17-41)30(48)49-16-25(43)38-23(26(44)36-21)13-20(42)15-35-38/h4-6,8,18-24,33-35,41-42H,7,9-17H2,1-3H3,(H,36,44)(H,37,45)/b6-4+,8-5+/t19-,20+,21-,22-,23+,24+,31-/m0/s1. The Labute approximate surface area is 289 Å². The molecule has 0 aromatic carbocycles. The van der Waals surface area contributed by atoms with E-state index in [4.69, 9.17) is 16.3 Å². The lowest BCUT2D eigenvalue weighted by atomic mass is 9.99. The Kier molecular flexibility index (Phi) is 13.1. The van der Waals surface area contributed by atoms with Gasteiger partial charge in [-0.25, -0.2) is 21.1 Å². The first kappa shape index (κ1) is 38.2. The molecule has 49 heavy (non-hydrogen) atoms. The van der Waals surface area contributed by atoms with Crippen LogP contribution in [0.25, 0.3) is 0 Å². The van der Waals surface area contributed by atoms with E-state index in [1.165, 1.54) is 6.92 Å². The number of hydrogen-bond acceptors (Lipinski definition) is 12. The van der Waals surface area contributed by atoms with Gasteiger partial charge < -0.3 is 25.6 Å². The summed E-state index contributed by atoms with van der Waals surface area (Å²) < 4.78 is 5.20. The summed E-state index contributed by atoms with van der Waals surface area (Å²) in [5.41, 5.74) is 6.51. The van der Waals surface area contributed by atoms with E-state index in [0.29, 0.717) is 13.0 Å². The maximum atomic E-state index is 14.3. The molecule has 7 atom stereocenters. The minimum atomic E-state index is -2.00. The molecule has 0 unspecified atom stereocenters. The van der Waals surface area contributed by atoms with Gasteiger partial charge in [-0.2, -0.15) is 0 Å². The summed E-state index contributed by atoms with van der Waals surface area (Å²) >= 11 is 6.47. The van der Waals surface area contributed by atoms with E-state index in [0.717, 1.165) is 15.0 Å². The average Bonchev–Trinajstić information content (AvgIpc) is 3.08. The van der Waals surface area contributed by atoms with Crippen LogP contribution >= 0.6 is 11.6 Å². The van der Waals surface area contributed by atoms with Crippen molar-refractivity contribution in [2.24, 2.45) is 5.92 Å². The number of nitrogens with one attached hydrogen (secondary N) is 5. The molecule has 5 amide bonds. The molecule has 18 heteroatoms. The largest absolute Gasteiger partial charge is 0.454 e. The summed E-state index contributed by atoms with van der Waals surface area (Å²) in [7, 11) is 0. The van der Waals surface area contributed by atoms with Crippen molar-refractivity contribution >= 4 is 47.1 Å². The van der Waals surface area contributed by atoms with Crippen molar-refractivity contribution in [3.8, 4) is 0 Å². The third kappa shape index (κ3) is 9.34. The van der Waals surface area contributed by atoms with Gasteiger partial charge in [-0.3, -0.25) is 39.0 Å². The van der Waals surface area contributed by atoms with Crippen molar-refractivity contribution in [3.63, 3.8) is 0 Å². The highest BCUT2D eigenvalue weighted by Crippen LogP contribution is 2.23. The van der Waals surface area contributed by atoms with Crippen LogP contribution in [-0.2, 0) is 33.5 Å². The molecule has 4 aliphatic rings. The number of rotatable bonds is 5. The Hall–Kier alpha value is -3.61. The van der Waals surface area contributed by atoms with Crippen molar-refractivity contribution in [1.29, 1.82) is 0 Å². The Bertz CT molecular complexity index is 1330. The van der Waals surface area contributed by atoms with E-state index in [9.17, 15) is 39.0 Å². The highest BCUT2D eigenvalue weighted by Gasteiger charge is 2.47. The number of β-amino-alcohol motifs (C(OH)–C–C–N with tert-alkyl or cyclic N) is 1. The van der Waals surface area contributed by atoms with Gasteiger partial charge in [-0.15, -0.1) is 11.6 Å². The number of hydrogen-bond donors (Lipinski definition) is 7. The van der Waals surface area contributed by atoms with Crippen LogP contribution in [0.15, 0.2) is 24.3 Å². The number of nitrogens with zero attached hydrogens (tertiary/aromatic N) is 3. The summed E-state index contributed by atoms with van der Waals surface area (Å²) in [6.45, 7) is 3.81. The van der Waals surface area contributed by atoms with Gasteiger partial charge in [-0.1, -0.05) is 38.2 Å². The fourth-order valence-electron chi connectivity index (χ4n) is 5.91. The molecule has 7 N–H and O–H groups in total. The van der Waals surface area contributed by atoms with E-state index in [2.05, 4.69) is 26.9 Å². The maximum Gasteiger partial charge on any atom is 0.334 e. The fraction of sp³-hybridized carbons (Fsp3) is 0.677. The molecular formula is C31H47ClN8O9. The number of amides is 5. The number of carbonyl (C=O) groups is 6. The number of aliphatic hydroxyl groups is 2. The van der Waals surface area contributed by atoms with Crippen LogP contribution in [0.5, 0.6) is 0 Å². The van der Waals surface area contributed by atoms with Crippen molar-refractivity contribution in [2.75, 3.05) is 32.8 Å². The third-order valence-electron chi connectivity index (χ3n) is 8.68. The van der Waals surface area contributed by atoms with Crippen LogP contribution in [0.1, 0.15) is 52.9 Å². The number of cyclic esters (lactones) is 1. The van der Waals surface area contributed by atoms with Gasteiger partial charge in [0.1, 0.15) is 24.2 Å². The van der Waals surface area contributed by atoms with Crippen molar-refractivity contribution in [2.45, 2.75) is 94.1 Å². The van der Waals surface area contributed by atoms with Crippen LogP contribution in [-0.4, -0.2) is 135 Å². The molecule has 0 aromatic heterocycles. The molecule has 272 valence electrons. The highest BCUT2D eigenvalue weighted by atomic mass is 35.5. The van der Waals surface area contributed by atoms with Gasteiger partial charge in [0.2, 0.25) is 11.8 Å². The zero-order valence-corrected chi connectivity index (χ0v) is 28.6. The Balaban J connectivity index is 1.75. The number of carbonyl (C=O) groups excluding carboxylic acids is 6. The fourth-order valence-corrected chi connectivity index (χ4v) is 6.14. The molecule has 0 aliphatic carbocycles. The van der Waals surface area contributed by atoms with Gasteiger partial charge in [0.05, 0.1) is 18.1 Å². The lowest BCUT2D eigenvalue weighted by Crippen LogP contribution is -2.70. The number of aliphatic hydroxyl groups excluding tert-OH is 2. The lowest BCUT2D eigenvalue weighted by Gasteiger charge is -2.44. The molecule has 4 rings (SSSR count). The topological polar surface area (TPSA) is 222 Å². The molecule has 0 spiro atoms. The summed E-state index contributed by atoms with van der Waals surface area (Å²) in [6.07, 6.45) is 6.62. The number of alkyl halides is 1. The third-order valence-corrected chi connectivity index (χ3v) is 9.01. The van der Waals surface area contributed by atoms with E-state index >= 15 is 0 Å². The van der Waals surface area contributed by atoms with Crippen molar-refractivity contribution < 1.29 is 43.7 Å². The Morgan fingerprint density at radius 2 is 1.65 bits per heavy atom. The second-order valence-electron chi connectivity index (χ2n) is 13.1. The number of esters is 1. The van der Waals surface area contributed by atoms with Crippen molar-refractivity contribution in [3.05, 3.63) is 24.3 Å². The molecule has 4 fully saturated rings. The van der Waals surface area contributed by atoms with Crippen LogP contribution in [0.3, 0.4) is 0 Å². The quantitative estimate of drug-likeness (QED) is 0.0912. The minimum Gasteiger partial charge on any atom is -0.454 e. The molecule has 17 nitrogen and oxygen atoms in total. The Morgan fingerprint density at radius 3 is 2.37 bits per heavy atom. The number of ether oxygens (including phenoxy) is 1. The first-order chi connectivity index (χ1) is 23.2. The minimum absolute atomic E-state index is 0.00258. The van der Waals surface area contributed by atoms with Gasteiger partial charge >= 0.3 is 5.97 Å². The molecule has 0 saturated carbocycles. The average molecular weight is 711 g/mol. The second-order valence-corrected chi connectivity index (χ2v) is 13.8. The highest BCUT2D eigenvalue weighted by molar-refractivity contribution is 6.21. The number of hydrazine groups is 3. The van der Waals surface area contributed by atoms with Crippen LogP contribution in [0.2, 0.25) is 0 Å². The van der Waals surface area contributed by atoms with Gasteiger partial charge in [0, 0.05) is 26.1 Å². The zero-order chi connectivity index (χ0) is 35.9. The summed E-state index contributed by atoms with van der Waals surface area (Å²) in [5, 5.41) is 28.3. The second kappa shape index (κ2) is 16.9. The maximum absolute atomic E-state index is 14.3. The molecule has 4 aliphatic heterocycles. The van der Waals surface area contributed by atoms with Crippen molar-refractivity contribution in [1.82, 2.24) is 41.9 Å². The number of fused-ring (bicyclic) bond motifs is 3. The smallest absolute Gasteiger partial charge is 0.334 e. The Morgan fingerprint density at radius 1 is 0.939 bits per heavy atom. The van der Waals surface area contributed by atoms with Gasteiger partial charge in [0.15, 0.2) is 12.1 Å². The normalized spacial score (nSPS) is 33.1. The molecule has 0 radical (unpaired) electrons. The molecule has 4 heterocycles. The van der Waals surface area contributed by atoms with Gasteiger partial charge in [0.25, 0.3) is 17.7 Å². The predicted octanol–water partition coefficient (Wildman–Crippen LogP) is -2.27.